The minimum absolute atomic E-state index is 0.0383. The van der Waals surface area contributed by atoms with Crippen molar-refractivity contribution in [2.45, 2.75) is 38.1 Å². The van der Waals surface area contributed by atoms with Crippen LogP contribution in [0.5, 0.6) is 0 Å². The predicted molar refractivity (Wildman–Crippen MR) is 73.5 cm³/mol. The van der Waals surface area contributed by atoms with Crippen molar-refractivity contribution >= 4 is 22.8 Å². The molecule has 1 saturated carbocycles. The standard InChI is InChI=1S/C12H22N2O4S/c1-19(18)8-4-7-13-12(17)14(9-11(15)16)10-5-2-3-6-10/h10H,2-9H2,1H3,(H,13,17)(H,15,16). The van der Waals surface area contributed by atoms with Crippen LogP contribution in [0.25, 0.3) is 0 Å². The van der Waals surface area contributed by atoms with Crippen molar-refractivity contribution in [1.29, 1.82) is 0 Å². The summed E-state index contributed by atoms with van der Waals surface area (Å²) >= 11 is 0. The highest BCUT2D eigenvalue weighted by molar-refractivity contribution is 7.84. The minimum atomic E-state index is -0.989. The Hall–Kier alpha value is -1.11. The quantitative estimate of drug-likeness (QED) is 0.679. The smallest absolute Gasteiger partial charge is 0.323 e. The van der Waals surface area contributed by atoms with E-state index in [4.69, 9.17) is 5.11 Å². The summed E-state index contributed by atoms with van der Waals surface area (Å²) in [6.45, 7) is 0.178. The average molecular weight is 290 g/mol. The van der Waals surface area contributed by atoms with E-state index in [0.717, 1.165) is 25.7 Å². The number of aliphatic carboxylic acids is 1. The van der Waals surface area contributed by atoms with Crippen LogP contribution in [0.1, 0.15) is 32.1 Å². The minimum Gasteiger partial charge on any atom is -0.480 e. The van der Waals surface area contributed by atoms with Gasteiger partial charge in [0.25, 0.3) is 0 Å². The highest BCUT2D eigenvalue weighted by Crippen LogP contribution is 2.23. The molecular weight excluding hydrogens is 268 g/mol. The zero-order valence-electron chi connectivity index (χ0n) is 11.3. The number of nitrogens with zero attached hydrogens (tertiary/aromatic N) is 1. The molecule has 0 heterocycles. The number of hydrogen-bond acceptors (Lipinski definition) is 3. The molecule has 0 aromatic heterocycles. The van der Waals surface area contributed by atoms with Crippen molar-refractivity contribution in [2.24, 2.45) is 0 Å². The van der Waals surface area contributed by atoms with Crippen molar-refractivity contribution in [1.82, 2.24) is 10.2 Å². The second-order valence-corrected chi connectivity index (χ2v) is 6.38. The lowest BCUT2D eigenvalue weighted by atomic mass is 10.2. The van der Waals surface area contributed by atoms with Crippen molar-refractivity contribution in [3.05, 3.63) is 0 Å². The lowest BCUT2D eigenvalue weighted by molar-refractivity contribution is -0.138. The van der Waals surface area contributed by atoms with Crippen LogP contribution < -0.4 is 5.32 Å². The number of hydrogen-bond donors (Lipinski definition) is 2. The van der Waals surface area contributed by atoms with E-state index in [1.54, 1.807) is 6.26 Å². The molecule has 110 valence electrons. The highest BCUT2D eigenvalue weighted by atomic mass is 32.2. The Morgan fingerprint density at radius 3 is 2.53 bits per heavy atom. The van der Waals surface area contributed by atoms with Gasteiger partial charge in [-0.1, -0.05) is 12.8 Å². The van der Waals surface area contributed by atoms with E-state index in [1.807, 2.05) is 0 Å². The summed E-state index contributed by atoms with van der Waals surface area (Å²) in [5, 5.41) is 11.6. The molecule has 7 heteroatoms. The van der Waals surface area contributed by atoms with Gasteiger partial charge in [-0.3, -0.25) is 9.00 Å². The molecule has 1 atom stereocenters. The zero-order valence-corrected chi connectivity index (χ0v) is 12.1. The first kappa shape index (κ1) is 15.9. The SMILES string of the molecule is CS(=O)CCCNC(=O)N(CC(=O)O)C1CCCC1. The molecule has 0 spiro atoms. The van der Waals surface area contributed by atoms with E-state index < -0.39 is 16.8 Å². The fourth-order valence-corrected chi connectivity index (χ4v) is 2.85. The van der Waals surface area contributed by atoms with Crippen molar-refractivity contribution in [3.63, 3.8) is 0 Å². The molecule has 1 aliphatic carbocycles. The molecule has 0 aliphatic heterocycles. The number of urea groups is 1. The van der Waals surface area contributed by atoms with Gasteiger partial charge in [-0.05, 0) is 19.3 Å². The van der Waals surface area contributed by atoms with Gasteiger partial charge in [0, 0.05) is 35.4 Å². The topological polar surface area (TPSA) is 86.7 Å². The second-order valence-electron chi connectivity index (χ2n) is 4.82. The van der Waals surface area contributed by atoms with Gasteiger partial charge >= 0.3 is 12.0 Å². The Kier molecular flexibility index (Phi) is 6.83. The van der Waals surface area contributed by atoms with Gasteiger partial charge in [-0.2, -0.15) is 0 Å². The number of amides is 2. The van der Waals surface area contributed by atoms with E-state index in [-0.39, 0.29) is 18.6 Å². The van der Waals surface area contributed by atoms with Gasteiger partial charge in [0.15, 0.2) is 0 Å². The maximum Gasteiger partial charge on any atom is 0.323 e. The fraction of sp³-hybridized carbons (Fsp3) is 0.833. The van der Waals surface area contributed by atoms with Crippen molar-refractivity contribution < 1.29 is 18.9 Å². The maximum absolute atomic E-state index is 12.0. The molecule has 1 unspecified atom stereocenters. The Bertz CT molecular complexity index is 343. The maximum atomic E-state index is 12.0. The van der Waals surface area contributed by atoms with Gasteiger partial charge in [-0.15, -0.1) is 0 Å². The number of carbonyl (C=O) groups is 2. The van der Waals surface area contributed by atoms with Crippen molar-refractivity contribution in [2.75, 3.05) is 25.1 Å². The summed E-state index contributed by atoms with van der Waals surface area (Å²) in [5.41, 5.74) is 0. The fourth-order valence-electron chi connectivity index (χ4n) is 2.30. The summed E-state index contributed by atoms with van der Waals surface area (Å²) in [5.74, 6) is -0.445. The molecule has 0 radical (unpaired) electrons. The van der Waals surface area contributed by atoms with Gasteiger partial charge in [0.05, 0.1) is 0 Å². The first-order chi connectivity index (χ1) is 9.00. The van der Waals surface area contributed by atoms with Gasteiger partial charge in [0.1, 0.15) is 6.54 Å². The van der Waals surface area contributed by atoms with Crippen LogP contribution in [0.3, 0.4) is 0 Å². The van der Waals surface area contributed by atoms with Gasteiger partial charge in [-0.25, -0.2) is 4.79 Å². The number of nitrogens with one attached hydrogen (secondary N) is 1. The molecule has 6 nitrogen and oxygen atoms in total. The van der Waals surface area contributed by atoms with Crippen LogP contribution in [0.4, 0.5) is 4.79 Å². The number of carboxylic acids is 1. The number of carbonyl (C=O) groups excluding carboxylic acids is 1. The molecule has 2 amide bonds. The Balaban J connectivity index is 2.42. The van der Waals surface area contributed by atoms with E-state index in [0.29, 0.717) is 18.7 Å². The summed E-state index contributed by atoms with van der Waals surface area (Å²) in [7, 11) is -0.861. The van der Waals surface area contributed by atoms with Crippen LogP contribution in [-0.2, 0) is 15.6 Å². The molecule has 1 fully saturated rings. The number of rotatable bonds is 7. The normalized spacial score (nSPS) is 17.1. The molecule has 1 aliphatic rings. The Labute approximate surface area is 116 Å². The van der Waals surface area contributed by atoms with Crippen molar-refractivity contribution in [3.8, 4) is 0 Å². The second kappa shape index (κ2) is 8.14. The predicted octanol–water partition coefficient (Wildman–Crippen LogP) is 0.794. The van der Waals surface area contributed by atoms with Crippen LogP contribution in [-0.4, -0.2) is 57.4 Å². The first-order valence-corrected chi connectivity index (χ1v) is 8.29. The lowest BCUT2D eigenvalue weighted by Gasteiger charge is -2.27. The first-order valence-electron chi connectivity index (χ1n) is 6.57. The third kappa shape index (κ3) is 6.04. The third-order valence-corrected chi connectivity index (χ3v) is 4.08. The molecule has 0 bridgehead atoms. The molecule has 1 rings (SSSR count). The molecule has 2 N–H and O–H groups in total. The summed E-state index contributed by atoms with van der Waals surface area (Å²) in [6, 6.07) is -0.285. The average Bonchev–Trinajstić information content (AvgIpc) is 2.84. The molecule has 0 aromatic carbocycles. The number of carboxylic acid groups (broad SMARTS) is 1. The van der Waals surface area contributed by atoms with Gasteiger partial charge in [0.2, 0.25) is 0 Å². The molecule has 19 heavy (non-hydrogen) atoms. The van der Waals surface area contributed by atoms with Gasteiger partial charge < -0.3 is 15.3 Å². The summed E-state index contributed by atoms with van der Waals surface area (Å²) in [4.78, 5) is 24.2. The van der Waals surface area contributed by atoms with Crippen LogP contribution in [0, 0.1) is 0 Å². The Morgan fingerprint density at radius 2 is 2.00 bits per heavy atom. The summed E-state index contributed by atoms with van der Waals surface area (Å²) in [6.07, 6.45) is 6.10. The largest absolute Gasteiger partial charge is 0.480 e. The summed E-state index contributed by atoms with van der Waals surface area (Å²) < 4.78 is 10.9. The van der Waals surface area contributed by atoms with Crippen LogP contribution in [0.15, 0.2) is 0 Å². The zero-order chi connectivity index (χ0) is 14.3. The van der Waals surface area contributed by atoms with E-state index in [2.05, 4.69) is 5.32 Å². The monoisotopic (exact) mass is 290 g/mol. The van der Waals surface area contributed by atoms with E-state index in [9.17, 15) is 13.8 Å². The molecule has 0 saturated heterocycles. The molecule has 0 aromatic rings. The highest BCUT2D eigenvalue weighted by Gasteiger charge is 2.27. The van der Waals surface area contributed by atoms with E-state index >= 15 is 0 Å². The Morgan fingerprint density at radius 1 is 1.37 bits per heavy atom. The molecular formula is C12H22N2O4S. The van der Waals surface area contributed by atoms with Crippen LogP contribution >= 0.6 is 0 Å². The van der Waals surface area contributed by atoms with Crippen LogP contribution in [0.2, 0.25) is 0 Å². The third-order valence-electron chi connectivity index (χ3n) is 3.22. The lowest BCUT2D eigenvalue weighted by Crippen LogP contribution is -2.47. The van der Waals surface area contributed by atoms with E-state index in [1.165, 1.54) is 4.90 Å².